The van der Waals surface area contributed by atoms with Crippen molar-refractivity contribution in [3.63, 3.8) is 0 Å². The van der Waals surface area contributed by atoms with Crippen LogP contribution >= 0.6 is 0 Å². The Kier molecular flexibility index (Phi) is 10.3. The largest absolute Gasteiger partial charge is 0.497 e. The maximum absolute atomic E-state index is 13.7. The molecule has 3 aromatic rings. The van der Waals surface area contributed by atoms with E-state index in [1.165, 1.54) is 4.90 Å². The van der Waals surface area contributed by atoms with E-state index >= 15 is 0 Å². The van der Waals surface area contributed by atoms with Crippen LogP contribution in [-0.4, -0.2) is 57.6 Å². The van der Waals surface area contributed by atoms with Gasteiger partial charge >= 0.3 is 0 Å². The number of benzene rings is 3. The summed E-state index contributed by atoms with van der Waals surface area (Å²) >= 11 is 0. The van der Waals surface area contributed by atoms with Crippen LogP contribution in [0.25, 0.3) is 0 Å². The second-order valence-electron chi connectivity index (χ2n) is 8.87. The summed E-state index contributed by atoms with van der Waals surface area (Å²) in [6.45, 7) is 3.68. The van der Waals surface area contributed by atoms with Crippen molar-refractivity contribution >= 4 is 27.5 Å². The third-order valence-electron chi connectivity index (χ3n) is 6.03. The van der Waals surface area contributed by atoms with E-state index in [4.69, 9.17) is 9.47 Å². The van der Waals surface area contributed by atoms with Crippen LogP contribution in [0.2, 0.25) is 0 Å². The molecule has 0 saturated heterocycles. The van der Waals surface area contributed by atoms with E-state index in [9.17, 15) is 18.0 Å². The van der Waals surface area contributed by atoms with Crippen molar-refractivity contribution < 1.29 is 27.5 Å². The van der Waals surface area contributed by atoms with Gasteiger partial charge in [-0.05, 0) is 67.4 Å². The number of nitrogens with one attached hydrogen (secondary N) is 1. The van der Waals surface area contributed by atoms with Gasteiger partial charge in [-0.25, -0.2) is 8.42 Å². The third kappa shape index (κ3) is 8.22. The highest BCUT2D eigenvalue weighted by Gasteiger charge is 2.31. The molecule has 1 N–H and O–H groups in total. The van der Waals surface area contributed by atoms with Gasteiger partial charge in [0.05, 0.1) is 19.1 Å². The Morgan fingerprint density at radius 3 is 2.00 bits per heavy atom. The van der Waals surface area contributed by atoms with Crippen molar-refractivity contribution in [2.45, 2.75) is 32.9 Å². The smallest absolute Gasteiger partial charge is 0.244 e. The van der Waals surface area contributed by atoms with Crippen LogP contribution in [0.5, 0.6) is 17.2 Å². The number of para-hydroxylation sites is 1. The fourth-order valence-electron chi connectivity index (χ4n) is 4.06. The fourth-order valence-corrected chi connectivity index (χ4v) is 4.91. The number of carbonyl (C=O) groups excluding carboxylic acids is 2. The summed E-state index contributed by atoms with van der Waals surface area (Å²) in [6, 6.07) is 22.0. The minimum absolute atomic E-state index is 0.125. The zero-order valence-electron chi connectivity index (χ0n) is 22.7. The van der Waals surface area contributed by atoms with Crippen molar-refractivity contribution in [1.29, 1.82) is 0 Å². The predicted molar refractivity (Wildman–Crippen MR) is 151 cm³/mol. The number of hydrogen-bond acceptors (Lipinski definition) is 6. The molecule has 10 heteroatoms. The third-order valence-corrected chi connectivity index (χ3v) is 7.17. The molecule has 208 valence electrons. The maximum Gasteiger partial charge on any atom is 0.244 e. The molecule has 0 unspecified atom stereocenters. The second kappa shape index (κ2) is 13.7. The summed E-state index contributed by atoms with van der Waals surface area (Å²) in [7, 11) is -2.27. The molecule has 0 saturated carbocycles. The molecule has 9 nitrogen and oxygen atoms in total. The summed E-state index contributed by atoms with van der Waals surface area (Å²) in [5.74, 6) is 1.03. The Labute approximate surface area is 230 Å². The van der Waals surface area contributed by atoms with Gasteiger partial charge in [-0.2, -0.15) is 0 Å². The second-order valence-corrected chi connectivity index (χ2v) is 10.8. The molecule has 0 aliphatic rings. The molecular weight excluding hydrogens is 518 g/mol. The van der Waals surface area contributed by atoms with Gasteiger partial charge in [0.15, 0.2) is 0 Å². The van der Waals surface area contributed by atoms with E-state index in [1.54, 1.807) is 50.4 Å². The summed E-state index contributed by atoms with van der Waals surface area (Å²) in [4.78, 5) is 28.0. The van der Waals surface area contributed by atoms with Crippen LogP contribution in [0.1, 0.15) is 25.8 Å². The Morgan fingerprint density at radius 1 is 0.872 bits per heavy atom. The maximum atomic E-state index is 13.7. The highest BCUT2D eigenvalue weighted by molar-refractivity contribution is 7.92. The molecular formula is C29H35N3O6S. The Balaban J connectivity index is 1.88. The first-order valence-corrected chi connectivity index (χ1v) is 14.5. The average molecular weight is 554 g/mol. The van der Waals surface area contributed by atoms with Gasteiger partial charge < -0.3 is 19.7 Å². The number of likely N-dealkylation sites (N-methyl/N-ethyl adjacent to an activating group) is 1. The zero-order valence-corrected chi connectivity index (χ0v) is 23.5. The summed E-state index contributed by atoms with van der Waals surface area (Å²) in [6.07, 6.45) is 1.40. The molecule has 1 atom stereocenters. The number of hydrogen-bond donors (Lipinski definition) is 1. The van der Waals surface area contributed by atoms with E-state index in [1.807, 2.05) is 49.4 Å². The standard InChI is InChI=1S/C29H35N3O6S/c1-5-27(29(34)30-6-2)31(20-22-12-16-24(37-3)17-13-22)28(33)21-32(39(4,35)36)23-14-18-26(19-15-23)38-25-10-8-7-9-11-25/h7-19,27H,5-6,20-21H2,1-4H3,(H,30,34)/t27-/m0/s1. The van der Waals surface area contributed by atoms with Crippen molar-refractivity contribution in [2.24, 2.45) is 0 Å². The van der Waals surface area contributed by atoms with E-state index < -0.39 is 28.5 Å². The van der Waals surface area contributed by atoms with Crippen molar-refractivity contribution in [3.05, 3.63) is 84.4 Å². The van der Waals surface area contributed by atoms with Crippen molar-refractivity contribution in [2.75, 3.05) is 30.8 Å². The van der Waals surface area contributed by atoms with Crippen LogP contribution in [0.4, 0.5) is 5.69 Å². The Bertz CT molecular complexity index is 1330. The molecule has 0 aromatic heterocycles. The van der Waals surface area contributed by atoms with Crippen LogP contribution in [0, 0.1) is 0 Å². The normalized spacial score (nSPS) is 11.8. The molecule has 3 rings (SSSR count). The van der Waals surface area contributed by atoms with Crippen molar-refractivity contribution in [3.8, 4) is 17.2 Å². The molecule has 0 fully saturated rings. The zero-order chi connectivity index (χ0) is 28.4. The van der Waals surface area contributed by atoms with E-state index in [0.717, 1.165) is 16.1 Å². The predicted octanol–water partition coefficient (Wildman–Crippen LogP) is 4.20. The molecule has 0 radical (unpaired) electrons. The molecule has 0 spiro atoms. The number of rotatable bonds is 13. The number of carbonyl (C=O) groups is 2. The topological polar surface area (TPSA) is 105 Å². The van der Waals surface area contributed by atoms with Gasteiger partial charge in [0.1, 0.15) is 29.8 Å². The van der Waals surface area contributed by atoms with Gasteiger partial charge in [-0.1, -0.05) is 37.3 Å². The first-order valence-electron chi connectivity index (χ1n) is 12.7. The van der Waals surface area contributed by atoms with Crippen LogP contribution in [0.3, 0.4) is 0 Å². The molecule has 2 amide bonds. The number of sulfonamides is 1. The molecule has 0 aliphatic carbocycles. The Morgan fingerprint density at radius 2 is 1.46 bits per heavy atom. The van der Waals surface area contributed by atoms with E-state index in [-0.39, 0.29) is 12.5 Å². The van der Waals surface area contributed by atoms with Crippen LogP contribution in [0.15, 0.2) is 78.9 Å². The molecule has 0 bridgehead atoms. The molecule has 0 heterocycles. The van der Waals surface area contributed by atoms with Crippen molar-refractivity contribution in [1.82, 2.24) is 10.2 Å². The highest BCUT2D eigenvalue weighted by Crippen LogP contribution is 2.26. The number of amides is 2. The minimum Gasteiger partial charge on any atom is -0.497 e. The summed E-state index contributed by atoms with van der Waals surface area (Å²) in [5, 5.41) is 2.78. The number of anilines is 1. The monoisotopic (exact) mass is 553 g/mol. The van der Waals surface area contributed by atoms with Crippen LogP contribution < -0.4 is 19.1 Å². The number of ether oxygens (including phenoxy) is 2. The number of methoxy groups -OCH3 is 1. The number of nitrogens with zero attached hydrogens (tertiary/aromatic N) is 2. The SMILES string of the molecule is CCNC(=O)[C@H](CC)N(Cc1ccc(OC)cc1)C(=O)CN(c1ccc(Oc2ccccc2)cc1)S(C)(=O)=O. The summed E-state index contributed by atoms with van der Waals surface area (Å²) < 4.78 is 37.7. The first kappa shape index (κ1) is 29.5. The molecule has 39 heavy (non-hydrogen) atoms. The van der Waals surface area contributed by atoms with Gasteiger partial charge in [-0.15, -0.1) is 0 Å². The molecule has 3 aromatic carbocycles. The summed E-state index contributed by atoms with van der Waals surface area (Å²) in [5.41, 5.74) is 1.09. The minimum atomic E-state index is -3.84. The average Bonchev–Trinajstić information content (AvgIpc) is 2.92. The highest BCUT2D eigenvalue weighted by atomic mass is 32.2. The van der Waals surface area contributed by atoms with Crippen LogP contribution in [-0.2, 0) is 26.2 Å². The van der Waals surface area contributed by atoms with Gasteiger partial charge in [-0.3, -0.25) is 13.9 Å². The molecule has 0 aliphatic heterocycles. The first-order chi connectivity index (χ1) is 18.7. The lowest BCUT2D eigenvalue weighted by molar-refractivity contribution is -0.140. The lowest BCUT2D eigenvalue weighted by Gasteiger charge is -2.32. The lowest BCUT2D eigenvalue weighted by atomic mass is 10.1. The quantitative estimate of drug-likeness (QED) is 0.340. The fraction of sp³-hybridized carbons (Fsp3) is 0.310. The van der Waals surface area contributed by atoms with Gasteiger partial charge in [0, 0.05) is 13.1 Å². The van der Waals surface area contributed by atoms with Gasteiger partial charge in [0.2, 0.25) is 21.8 Å². The Hall–Kier alpha value is -4.05. The van der Waals surface area contributed by atoms with E-state index in [2.05, 4.69) is 5.32 Å². The van der Waals surface area contributed by atoms with E-state index in [0.29, 0.717) is 35.9 Å². The lowest BCUT2D eigenvalue weighted by Crippen LogP contribution is -2.52. The van der Waals surface area contributed by atoms with Gasteiger partial charge in [0.25, 0.3) is 0 Å².